The van der Waals surface area contributed by atoms with E-state index in [-0.39, 0.29) is 11.8 Å². The number of hydrogen-bond acceptors (Lipinski definition) is 4. The molecule has 3 aromatic rings. The summed E-state index contributed by atoms with van der Waals surface area (Å²) in [4.78, 5) is 39.3. The van der Waals surface area contributed by atoms with Gasteiger partial charge in [-0.2, -0.15) is 0 Å². The van der Waals surface area contributed by atoms with Crippen LogP contribution >= 0.6 is 11.6 Å². The van der Waals surface area contributed by atoms with E-state index >= 15 is 0 Å². The number of carbonyl (C=O) groups is 2. The van der Waals surface area contributed by atoms with Crippen molar-refractivity contribution >= 4 is 40.2 Å². The Morgan fingerprint density at radius 2 is 1.59 bits per heavy atom. The van der Waals surface area contributed by atoms with Crippen molar-refractivity contribution in [3.63, 3.8) is 0 Å². The predicted octanol–water partition coefficient (Wildman–Crippen LogP) is 3.11. The van der Waals surface area contributed by atoms with Crippen LogP contribution in [0.4, 0.5) is 0 Å². The minimum atomic E-state index is -0.0600. The van der Waals surface area contributed by atoms with Gasteiger partial charge in [0.1, 0.15) is 11.5 Å². The quantitative estimate of drug-likeness (QED) is 0.667. The minimum Gasteiger partial charge on any atom is -0.358 e. The highest BCUT2D eigenvalue weighted by atomic mass is 35.5. The van der Waals surface area contributed by atoms with Crippen molar-refractivity contribution in [3.05, 3.63) is 70.4 Å². The molecule has 1 fully saturated rings. The van der Waals surface area contributed by atoms with Crippen LogP contribution in [0.1, 0.15) is 26.4 Å². The number of likely N-dealkylation sites (N-methyl/N-ethyl adjacent to an activating group) is 1. The van der Waals surface area contributed by atoms with E-state index in [4.69, 9.17) is 11.6 Å². The molecule has 2 aliphatic heterocycles. The normalized spacial score (nSPS) is 16.6. The van der Waals surface area contributed by atoms with Gasteiger partial charge in [0, 0.05) is 66.8 Å². The van der Waals surface area contributed by atoms with Gasteiger partial charge >= 0.3 is 0 Å². The Bertz CT molecular complexity index is 1210. The molecule has 0 radical (unpaired) electrons. The molecule has 1 saturated heterocycles. The van der Waals surface area contributed by atoms with Gasteiger partial charge < -0.3 is 19.7 Å². The molecule has 0 spiro atoms. The summed E-state index contributed by atoms with van der Waals surface area (Å²) in [5.74, 6) is 0.899. The average Bonchev–Trinajstić information content (AvgIpc) is 3.44. The fourth-order valence-corrected chi connectivity index (χ4v) is 4.47. The Balaban J connectivity index is 1.22. The summed E-state index contributed by atoms with van der Waals surface area (Å²) in [7, 11) is 2.02. The molecule has 0 saturated carbocycles. The molecule has 2 amide bonds. The van der Waals surface area contributed by atoms with E-state index in [1.165, 1.54) is 0 Å². The lowest BCUT2D eigenvalue weighted by Gasteiger charge is -2.34. The van der Waals surface area contributed by atoms with E-state index in [2.05, 4.69) is 14.9 Å². The second-order valence-electron chi connectivity index (χ2n) is 8.20. The summed E-state index contributed by atoms with van der Waals surface area (Å²) in [6, 6.07) is 15.0. The van der Waals surface area contributed by atoms with E-state index in [1.807, 2.05) is 54.4 Å². The summed E-state index contributed by atoms with van der Waals surface area (Å²) in [6.45, 7) is 3.75. The summed E-state index contributed by atoms with van der Waals surface area (Å²) < 4.78 is 0. The third-order valence-corrected chi connectivity index (χ3v) is 6.35. The van der Waals surface area contributed by atoms with Crippen molar-refractivity contribution in [2.24, 2.45) is 4.99 Å². The standard InChI is InChI=1S/C24H24ClN5O2/c1-28-9-8-26-22(28)16-2-4-17(5-3-16)23(31)29-10-12-30(13-11-29)24(32)21-15-18-14-19(25)6-7-20(18)27-21/h2-7,14-15,27H,8-13H2,1H3. The number of aliphatic imine (C=N–C) groups is 1. The highest BCUT2D eigenvalue weighted by Crippen LogP contribution is 2.21. The first-order valence-corrected chi connectivity index (χ1v) is 11.1. The zero-order valence-electron chi connectivity index (χ0n) is 17.8. The summed E-state index contributed by atoms with van der Waals surface area (Å²) in [5, 5.41) is 1.55. The van der Waals surface area contributed by atoms with E-state index in [9.17, 15) is 9.59 Å². The van der Waals surface area contributed by atoms with Gasteiger partial charge in [0.2, 0.25) is 0 Å². The Kier molecular flexibility index (Phi) is 5.35. The van der Waals surface area contributed by atoms with Crippen molar-refractivity contribution in [1.29, 1.82) is 0 Å². The number of fused-ring (bicyclic) bond motifs is 1. The molecular formula is C24H24ClN5O2. The molecular weight excluding hydrogens is 426 g/mol. The van der Waals surface area contributed by atoms with Crippen LogP contribution in [0, 0.1) is 0 Å². The molecule has 2 aliphatic rings. The second kappa shape index (κ2) is 8.31. The molecule has 3 heterocycles. The molecule has 164 valence electrons. The number of piperazine rings is 1. The Labute approximate surface area is 191 Å². The predicted molar refractivity (Wildman–Crippen MR) is 126 cm³/mol. The monoisotopic (exact) mass is 449 g/mol. The van der Waals surface area contributed by atoms with Crippen LogP contribution in [0.5, 0.6) is 0 Å². The third-order valence-electron chi connectivity index (χ3n) is 6.12. The number of hydrogen-bond donors (Lipinski definition) is 1. The number of aromatic nitrogens is 1. The van der Waals surface area contributed by atoms with E-state index < -0.39 is 0 Å². The molecule has 7 nitrogen and oxygen atoms in total. The molecule has 0 atom stereocenters. The number of benzene rings is 2. The molecule has 32 heavy (non-hydrogen) atoms. The largest absolute Gasteiger partial charge is 0.358 e. The van der Waals surface area contributed by atoms with Crippen molar-refractivity contribution in [1.82, 2.24) is 19.7 Å². The number of nitrogens with zero attached hydrogens (tertiary/aromatic N) is 4. The highest BCUT2D eigenvalue weighted by Gasteiger charge is 2.26. The lowest BCUT2D eigenvalue weighted by atomic mass is 10.1. The molecule has 1 aromatic heterocycles. The summed E-state index contributed by atoms with van der Waals surface area (Å²) in [5.41, 5.74) is 3.10. The molecule has 0 aliphatic carbocycles. The number of nitrogens with one attached hydrogen (secondary N) is 1. The van der Waals surface area contributed by atoms with Crippen LogP contribution in [0.2, 0.25) is 5.02 Å². The van der Waals surface area contributed by atoms with Gasteiger partial charge in [-0.05, 0) is 36.4 Å². The highest BCUT2D eigenvalue weighted by molar-refractivity contribution is 6.31. The van der Waals surface area contributed by atoms with Crippen LogP contribution in [0.15, 0.2) is 53.5 Å². The number of rotatable bonds is 3. The van der Waals surface area contributed by atoms with E-state index in [0.717, 1.165) is 35.4 Å². The molecule has 0 bridgehead atoms. The maximum atomic E-state index is 13.0. The molecule has 0 unspecified atom stereocenters. The van der Waals surface area contributed by atoms with Crippen molar-refractivity contribution in [2.75, 3.05) is 46.3 Å². The first kappa shape index (κ1) is 20.6. The Morgan fingerprint density at radius 3 is 2.25 bits per heavy atom. The maximum absolute atomic E-state index is 13.0. The van der Waals surface area contributed by atoms with Gasteiger partial charge in [0.25, 0.3) is 11.8 Å². The van der Waals surface area contributed by atoms with Crippen LogP contribution < -0.4 is 0 Å². The third kappa shape index (κ3) is 3.84. The molecule has 8 heteroatoms. The van der Waals surface area contributed by atoms with Gasteiger partial charge in [-0.25, -0.2) is 0 Å². The van der Waals surface area contributed by atoms with Gasteiger partial charge in [-0.3, -0.25) is 14.6 Å². The van der Waals surface area contributed by atoms with Gasteiger partial charge in [-0.15, -0.1) is 0 Å². The SMILES string of the molecule is CN1CCN=C1c1ccc(C(=O)N2CCN(C(=O)c3cc4cc(Cl)ccc4[nH]3)CC2)cc1. The van der Waals surface area contributed by atoms with E-state index in [1.54, 1.807) is 11.0 Å². The zero-order valence-corrected chi connectivity index (χ0v) is 18.6. The smallest absolute Gasteiger partial charge is 0.270 e. The molecule has 1 N–H and O–H groups in total. The van der Waals surface area contributed by atoms with Crippen LogP contribution in [-0.2, 0) is 0 Å². The Hall–Kier alpha value is -3.32. The van der Waals surface area contributed by atoms with Crippen molar-refractivity contribution < 1.29 is 9.59 Å². The van der Waals surface area contributed by atoms with Crippen molar-refractivity contribution in [2.45, 2.75) is 0 Å². The average molecular weight is 450 g/mol. The van der Waals surface area contributed by atoms with Gasteiger partial charge in [-0.1, -0.05) is 23.7 Å². The summed E-state index contributed by atoms with van der Waals surface area (Å²) >= 11 is 6.05. The Morgan fingerprint density at radius 1 is 0.906 bits per heavy atom. The number of amides is 2. The first-order chi connectivity index (χ1) is 15.5. The van der Waals surface area contributed by atoms with Crippen LogP contribution in [-0.4, -0.2) is 83.6 Å². The van der Waals surface area contributed by atoms with Gasteiger partial charge in [0.15, 0.2) is 0 Å². The number of aromatic amines is 1. The maximum Gasteiger partial charge on any atom is 0.270 e. The minimum absolute atomic E-state index is 0.00869. The molecule has 5 rings (SSSR count). The van der Waals surface area contributed by atoms with Crippen molar-refractivity contribution in [3.8, 4) is 0 Å². The second-order valence-corrected chi connectivity index (χ2v) is 8.64. The first-order valence-electron chi connectivity index (χ1n) is 10.7. The fourth-order valence-electron chi connectivity index (χ4n) is 4.29. The lowest BCUT2D eigenvalue weighted by molar-refractivity contribution is 0.0533. The number of H-pyrrole nitrogens is 1. The number of amidine groups is 1. The van der Waals surface area contributed by atoms with E-state index in [0.29, 0.717) is 42.5 Å². The number of carbonyl (C=O) groups excluding carboxylic acids is 2. The zero-order chi connectivity index (χ0) is 22.2. The summed E-state index contributed by atoms with van der Waals surface area (Å²) in [6.07, 6.45) is 0. The van der Waals surface area contributed by atoms with Gasteiger partial charge in [0.05, 0.1) is 6.54 Å². The topological polar surface area (TPSA) is 72.0 Å². The van der Waals surface area contributed by atoms with Crippen LogP contribution in [0.25, 0.3) is 10.9 Å². The number of halogens is 1. The lowest BCUT2D eigenvalue weighted by Crippen LogP contribution is -2.50. The van der Waals surface area contributed by atoms with Crippen LogP contribution in [0.3, 0.4) is 0 Å². The molecule has 2 aromatic carbocycles. The fraction of sp³-hybridized carbons (Fsp3) is 0.292.